The van der Waals surface area contributed by atoms with E-state index in [1.165, 1.54) is 9.80 Å². The van der Waals surface area contributed by atoms with Crippen LogP contribution in [-0.4, -0.2) is 66.5 Å². The Kier molecular flexibility index (Phi) is 9.76. The van der Waals surface area contributed by atoms with Gasteiger partial charge in [0.25, 0.3) is 0 Å². The number of likely N-dealkylation sites (N-methyl/N-ethyl adjacent to an activating group) is 3. The maximum atomic E-state index is 14.0. The number of carbonyl (C=O) groups is 3. The van der Waals surface area contributed by atoms with Crippen LogP contribution < -0.4 is 5.32 Å². The summed E-state index contributed by atoms with van der Waals surface area (Å²) in [7, 11) is 4.74. The summed E-state index contributed by atoms with van der Waals surface area (Å²) < 4.78 is 6.68. The molecular weight excluding hydrogens is 593 g/mol. The molecule has 7 nitrogen and oxygen atoms in total. The third-order valence-electron chi connectivity index (χ3n) is 6.38. The lowest BCUT2D eigenvalue weighted by atomic mass is 9.98. The van der Waals surface area contributed by atoms with Gasteiger partial charge in [0.1, 0.15) is 17.7 Å². The molecule has 0 aliphatic heterocycles. The van der Waals surface area contributed by atoms with E-state index >= 15 is 0 Å². The molecule has 0 heterocycles. The summed E-state index contributed by atoms with van der Waals surface area (Å²) in [6.45, 7) is 5.36. The van der Waals surface area contributed by atoms with E-state index in [2.05, 4.69) is 27.9 Å². The van der Waals surface area contributed by atoms with Crippen LogP contribution >= 0.6 is 22.6 Å². The molecule has 0 aromatic heterocycles. The number of benzene rings is 3. The van der Waals surface area contributed by atoms with Crippen molar-refractivity contribution in [1.82, 2.24) is 15.1 Å². The Labute approximate surface area is 238 Å². The van der Waals surface area contributed by atoms with Crippen LogP contribution in [0.25, 0.3) is 10.8 Å². The van der Waals surface area contributed by atoms with Gasteiger partial charge < -0.3 is 15.0 Å². The van der Waals surface area contributed by atoms with E-state index in [0.717, 1.165) is 25.5 Å². The van der Waals surface area contributed by atoms with Crippen molar-refractivity contribution < 1.29 is 19.1 Å². The summed E-state index contributed by atoms with van der Waals surface area (Å²) in [5.74, 6) is -0.616. The maximum Gasteiger partial charge on any atom is 0.410 e. The second kappa shape index (κ2) is 12.6. The molecule has 8 heteroatoms. The smallest absolute Gasteiger partial charge is 0.410 e. The van der Waals surface area contributed by atoms with E-state index in [9.17, 15) is 14.4 Å². The average Bonchev–Trinajstić information content (AvgIpc) is 2.88. The maximum absolute atomic E-state index is 14.0. The third kappa shape index (κ3) is 7.69. The average molecular weight is 630 g/mol. The van der Waals surface area contributed by atoms with E-state index in [1.54, 1.807) is 41.9 Å². The zero-order chi connectivity index (χ0) is 28.0. The van der Waals surface area contributed by atoms with Gasteiger partial charge in [0.05, 0.1) is 0 Å². The van der Waals surface area contributed by atoms with Crippen LogP contribution in [0.1, 0.15) is 31.9 Å². The number of hydrogen-bond acceptors (Lipinski definition) is 4. The Morgan fingerprint density at radius 3 is 2.03 bits per heavy atom. The van der Waals surface area contributed by atoms with Crippen molar-refractivity contribution in [2.75, 3.05) is 21.1 Å². The number of rotatable bonds is 8. The van der Waals surface area contributed by atoms with Gasteiger partial charge in [0, 0.05) is 37.6 Å². The predicted octanol–water partition coefficient (Wildman–Crippen LogP) is 5.04. The van der Waals surface area contributed by atoms with Crippen molar-refractivity contribution in [3.05, 3.63) is 81.4 Å². The Morgan fingerprint density at radius 1 is 0.842 bits per heavy atom. The van der Waals surface area contributed by atoms with Crippen molar-refractivity contribution in [3.8, 4) is 0 Å². The lowest BCUT2D eigenvalue weighted by Crippen LogP contribution is -2.56. The highest BCUT2D eigenvalue weighted by molar-refractivity contribution is 14.1. The Bertz CT molecular complexity index is 1290. The minimum absolute atomic E-state index is 0.272. The van der Waals surface area contributed by atoms with Crippen LogP contribution in [0.5, 0.6) is 0 Å². The second-order valence-corrected chi connectivity index (χ2v) is 11.6. The quantitative estimate of drug-likeness (QED) is 0.355. The van der Waals surface area contributed by atoms with Crippen molar-refractivity contribution in [2.24, 2.45) is 0 Å². The number of fused-ring (bicyclic) bond motifs is 1. The van der Waals surface area contributed by atoms with E-state index in [4.69, 9.17) is 4.74 Å². The highest BCUT2D eigenvalue weighted by atomic mass is 127. The lowest BCUT2D eigenvalue weighted by molar-refractivity contribution is -0.142. The first kappa shape index (κ1) is 29.4. The van der Waals surface area contributed by atoms with E-state index in [0.29, 0.717) is 6.42 Å². The van der Waals surface area contributed by atoms with Gasteiger partial charge in [0.2, 0.25) is 11.8 Å². The Morgan fingerprint density at radius 2 is 1.42 bits per heavy atom. The molecule has 3 aromatic rings. The lowest BCUT2D eigenvalue weighted by Gasteiger charge is -2.35. The SMILES string of the molecule is CNC(=O)[C@@H](Cc1ccc(I)cc1)N(C)C(=O)[C@@H](Cc1ccc2ccccc2c1)N(C)C(=O)OC(C)(C)C. The normalized spacial score (nSPS) is 12.9. The largest absolute Gasteiger partial charge is 0.444 e. The van der Waals surface area contributed by atoms with Gasteiger partial charge in [-0.05, 0) is 77.4 Å². The van der Waals surface area contributed by atoms with Gasteiger partial charge in [-0.1, -0.05) is 54.6 Å². The van der Waals surface area contributed by atoms with Crippen LogP contribution in [0, 0.1) is 3.57 Å². The van der Waals surface area contributed by atoms with Crippen molar-refractivity contribution in [3.63, 3.8) is 0 Å². The molecule has 0 radical (unpaired) electrons. The molecule has 3 amide bonds. The first-order valence-corrected chi connectivity index (χ1v) is 13.6. The molecule has 1 N–H and O–H groups in total. The van der Waals surface area contributed by atoms with Crippen molar-refractivity contribution in [2.45, 2.75) is 51.3 Å². The predicted molar refractivity (Wildman–Crippen MR) is 159 cm³/mol. The number of hydrogen-bond donors (Lipinski definition) is 1. The van der Waals surface area contributed by atoms with Crippen LogP contribution in [0.2, 0.25) is 0 Å². The fourth-order valence-corrected chi connectivity index (χ4v) is 4.60. The number of ether oxygens (including phenoxy) is 1. The zero-order valence-corrected chi connectivity index (χ0v) is 25.0. The number of nitrogens with one attached hydrogen (secondary N) is 1. The van der Waals surface area contributed by atoms with Crippen molar-refractivity contribution >= 4 is 51.3 Å². The van der Waals surface area contributed by atoms with Crippen LogP contribution in [-0.2, 0) is 27.2 Å². The monoisotopic (exact) mass is 629 g/mol. The standard InChI is InChI=1S/C30H36IN3O4/c1-30(2,3)38-29(37)34(6)26(19-21-11-14-22-9-7-8-10-23(22)17-21)28(36)33(5)25(27(35)32-4)18-20-12-15-24(31)16-13-20/h7-17,25-26H,18-19H2,1-6H3,(H,32,35)/t25-,26-/m1/s1. The summed E-state index contributed by atoms with van der Waals surface area (Å²) in [6.07, 6.45) is 0.0185. The molecule has 0 saturated heterocycles. The summed E-state index contributed by atoms with van der Waals surface area (Å²) in [5.41, 5.74) is 1.12. The molecule has 0 fully saturated rings. The highest BCUT2D eigenvalue weighted by Crippen LogP contribution is 2.21. The molecule has 0 aliphatic rings. The minimum Gasteiger partial charge on any atom is -0.444 e. The molecular formula is C30H36IN3O4. The topological polar surface area (TPSA) is 79.0 Å². The van der Waals surface area contributed by atoms with Crippen LogP contribution in [0.4, 0.5) is 4.79 Å². The Hall–Kier alpha value is -3.14. The number of carbonyl (C=O) groups excluding carboxylic acids is 3. The molecule has 0 saturated carbocycles. The van der Waals surface area contributed by atoms with Gasteiger partial charge in [-0.2, -0.15) is 0 Å². The third-order valence-corrected chi connectivity index (χ3v) is 7.10. The highest BCUT2D eigenvalue weighted by Gasteiger charge is 2.36. The molecule has 0 spiro atoms. The fraction of sp³-hybridized carbons (Fsp3) is 0.367. The summed E-state index contributed by atoms with van der Waals surface area (Å²) >= 11 is 2.23. The fourth-order valence-electron chi connectivity index (χ4n) is 4.24. The molecule has 0 aliphatic carbocycles. The molecule has 2 atom stereocenters. The van der Waals surface area contributed by atoms with Gasteiger partial charge in [-0.25, -0.2) is 4.79 Å². The van der Waals surface area contributed by atoms with Gasteiger partial charge in [-0.15, -0.1) is 0 Å². The van der Waals surface area contributed by atoms with E-state index in [1.807, 2.05) is 66.7 Å². The van der Waals surface area contributed by atoms with E-state index < -0.39 is 23.8 Å². The molecule has 0 bridgehead atoms. The molecule has 3 aromatic carbocycles. The molecule has 202 valence electrons. The summed E-state index contributed by atoms with van der Waals surface area (Å²) in [4.78, 5) is 42.8. The van der Waals surface area contributed by atoms with Gasteiger partial charge in [0.15, 0.2) is 0 Å². The second-order valence-electron chi connectivity index (χ2n) is 10.4. The van der Waals surface area contributed by atoms with Crippen molar-refractivity contribution in [1.29, 1.82) is 0 Å². The van der Waals surface area contributed by atoms with E-state index in [-0.39, 0.29) is 18.2 Å². The summed E-state index contributed by atoms with van der Waals surface area (Å²) in [5, 5.41) is 4.82. The first-order valence-electron chi connectivity index (χ1n) is 12.6. The number of amides is 3. The zero-order valence-electron chi connectivity index (χ0n) is 22.8. The molecule has 3 rings (SSSR count). The first-order chi connectivity index (χ1) is 17.9. The van der Waals surface area contributed by atoms with Crippen LogP contribution in [0.3, 0.4) is 0 Å². The van der Waals surface area contributed by atoms with Gasteiger partial charge >= 0.3 is 6.09 Å². The number of nitrogens with zero attached hydrogens (tertiary/aromatic N) is 2. The van der Waals surface area contributed by atoms with Crippen LogP contribution in [0.15, 0.2) is 66.7 Å². The Balaban J connectivity index is 1.95. The molecule has 0 unspecified atom stereocenters. The van der Waals surface area contributed by atoms with Gasteiger partial charge in [-0.3, -0.25) is 14.5 Å². The minimum atomic E-state index is -0.875. The molecule has 38 heavy (non-hydrogen) atoms. The number of halogens is 1. The summed E-state index contributed by atoms with van der Waals surface area (Å²) in [6, 6.07) is 20.2.